The van der Waals surface area contributed by atoms with Crippen LogP contribution in [-0.2, 0) is 6.54 Å². The van der Waals surface area contributed by atoms with Gasteiger partial charge in [0.1, 0.15) is 6.33 Å². The van der Waals surface area contributed by atoms with Gasteiger partial charge < -0.3 is 10.3 Å². The fraction of sp³-hybridized carbons (Fsp3) is 0.100. The van der Waals surface area contributed by atoms with Crippen LogP contribution in [-0.4, -0.2) is 31.0 Å². The molecule has 4 aromatic rings. The molecule has 0 unspecified atom stereocenters. The fourth-order valence-electron chi connectivity index (χ4n) is 2.90. The largest absolute Gasteiger partial charge is 0.350 e. The summed E-state index contributed by atoms with van der Waals surface area (Å²) in [4.78, 5) is 16.6. The zero-order valence-corrected chi connectivity index (χ0v) is 15.3. The van der Waals surface area contributed by atoms with Crippen molar-refractivity contribution < 1.29 is 8.91 Å². The Bertz CT molecular complexity index is 1190. The Morgan fingerprint density at radius 1 is 1.14 bits per heavy atom. The first kappa shape index (κ1) is 18.5. The van der Waals surface area contributed by atoms with E-state index in [1.807, 2.05) is 42.5 Å². The normalized spacial score (nSPS) is 11.7. The lowest BCUT2D eigenvalue weighted by Gasteiger charge is -2.06. The highest BCUT2D eigenvalue weighted by molar-refractivity contribution is 5.69. The van der Waals surface area contributed by atoms with Crippen molar-refractivity contribution in [3.05, 3.63) is 83.6 Å². The molecule has 146 valence electrons. The van der Waals surface area contributed by atoms with Crippen LogP contribution in [0.25, 0.3) is 28.2 Å². The highest BCUT2D eigenvalue weighted by atomic mass is 19.1. The molecule has 0 aliphatic rings. The van der Waals surface area contributed by atoms with Gasteiger partial charge in [0.15, 0.2) is 0 Å². The molecular weight excluding hydrogens is 375 g/mol. The molecule has 8 nitrogen and oxygen atoms in total. The van der Waals surface area contributed by atoms with Gasteiger partial charge in [-0.05, 0) is 28.8 Å². The van der Waals surface area contributed by atoms with Crippen molar-refractivity contribution in [3.8, 4) is 28.2 Å². The SMILES string of the molecule is NC/C(=C\F)Cn1ncn(-c2cccc(-c3ccc(-c4ncon4)cc3)c2)c1=O. The highest BCUT2D eigenvalue weighted by Gasteiger charge is 2.10. The summed E-state index contributed by atoms with van der Waals surface area (Å²) < 4.78 is 20.1. The molecule has 0 amide bonds. The number of rotatable bonds is 6. The van der Waals surface area contributed by atoms with Gasteiger partial charge in [-0.25, -0.2) is 18.4 Å². The summed E-state index contributed by atoms with van der Waals surface area (Å²) in [6.07, 6.45) is 3.10. The van der Waals surface area contributed by atoms with Gasteiger partial charge in [-0.1, -0.05) is 41.6 Å². The van der Waals surface area contributed by atoms with Gasteiger partial charge in [-0.2, -0.15) is 10.1 Å². The molecule has 0 radical (unpaired) electrons. The lowest BCUT2D eigenvalue weighted by atomic mass is 10.0. The number of benzene rings is 2. The number of hydrogen-bond acceptors (Lipinski definition) is 6. The van der Waals surface area contributed by atoms with E-state index in [1.165, 1.54) is 22.0 Å². The molecule has 2 N–H and O–H groups in total. The molecule has 2 aromatic carbocycles. The van der Waals surface area contributed by atoms with E-state index in [1.54, 1.807) is 6.07 Å². The molecule has 0 fully saturated rings. The van der Waals surface area contributed by atoms with Crippen molar-refractivity contribution in [2.75, 3.05) is 6.54 Å². The van der Waals surface area contributed by atoms with E-state index in [2.05, 4.69) is 15.2 Å². The van der Waals surface area contributed by atoms with Crippen molar-refractivity contribution in [1.29, 1.82) is 0 Å². The molecule has 0 bridgehead atoms. The average Bonchev–Trinajstić information content (AvgIpc) is 3.43. The van der Waals surface area contributed by atoms with Crippen LogP contribution >= 0.6 is 0 Å². The van der Waals surface area contributed by atoms with Gasteiger partial charge in [-0.3, -0.25) is 0 Å². The molecule has 29 heavy (non-hydrogen) atoms. The third kappa shape index (κ3) is 3.76. The maximum absolute atomic E-state index is 12.8. The molecule has 0 aliphatic heterocycles. The minimum absolute atomic E-state index is 0.00999. The summed E-state index contributed by atoms with van der Waals surface area (Å²) >= 11 is 0. The van der Waals surface area contributed by atoms with Crippen LogP contribution < -0.4 is 11.4 Å². The Balaban J connectivity index is 1.63. The number of aromatic nitrogens is 5. The number of nitrogens with zero attached hydrogens (tertiary/aromatic N) is 5. The van der Waals surface area contributed by atoms with E-state index in [-0.39, 0.29) is 24.4 Å². The standard InChI is InChI=1S/C20H17FN6O2/c21-9-14(10-22)11-27-20(28)26(12-24-27)18-3-1-2-17(8-18)15-4-6-16(7-5-15)19-23-13-29-25-19/h1-9,12-13H,10-11,22H2/b14-9+. The van der Waals surface area contributed by atoms with E-state index in [9.17, 15) is 9.18 Å². The lowest BCUT2D eigenvalue weighted by molar-refractivity contribution is 0.419. The fourth-order valence-corrected chi connectivity index (χ4v) is 2.90. The summed E-state index contributed by atoms with van der Waals surface area (Å²) in [5, 5.41) is 7.87. The topological polar surface area (TPSA) is 105 Å². The van der Waals surface area contributed by atoms with E-state index < -0.39 is 0 Å². The van der Waals surface area contributed by atoms with Crippen LogP contribution in [0.1, 0.15) is 0 Å². The Morgan fingerprint density at radius 2 is 1.93 bits per heavy atom. The summed E-state index contributed by atoms with van der Waals surface area (Å²) in [5.41, 5.74) is 8.75. The van der Waals surface area contributed by atoms with Crippen LogP contribution in [0.2, 0.25) is 0 Å². The zero-order valence-electron chi connectivity index (χ0n) is 15.3. The van der Waals surface area contributed by atoms with E-state index in [0.29, 0.717) is 17.8 Å². The number of hydrogen-bond donors (Lipinski definition) is 1. The van der Waals surface area contributed by atoms with E-state index in [4.69, 9.17) is 10.3 Å². The van der Waals surface area contributed by atoms with Crippen molar-refractivity contribution in [1.82, 2.24) is 24.5 Å². The minimum Gasteiger partial charge on any atom is -0.342 e. The highest BCUT2D eigenvalue weighted by Crippen LogP contribution is 2.24. The Kier molecular flexibility index (Phi) is 5.12. The van der Waals surface area contributed by atoms with Crippen molar-refractivity contribution >= 4 is 0 Å². The predicted molar refractivity (Wildman–Crippen MR) is 105 cm³/mol. The molecule has 0 atom stereocenters. The van der Waals surface area contributed by atoms with Crippen molar-refractivity contribution in [2.45, 2.75) is 6.54 Å². The summed E-state index contributed by atoms with van der Waals surface area (Å²) in [6.45, 7) is 0.0290. The van der Waals surface area contributed by atoms with Crippen molar-refractivity contribution in [3.63, 3.8) is 0 Å². The first-order chi connectivity index (χ1) is 14.2. The molecule has 9 heteroatoms. The molecule has 0 spiro atoms. The van der Waals surface area contributed by atoms with Gasteiger partial charge in [0, 0.05) is 12.1 Å². The van der Waals surface area contributed by atoms with Crippen LogP contribution in [0.15, 0.2) is 82.5 Å². The molecule has 0 aliphatic carbocycles. The molecular formula is C20H17FN6O2. The second-order valence-electron chi connectivity index (χ2n) is 6.30. The van der Waals surface area contributed by atoms with Crippen LogP contribution in [0.5, 0.6) is 0 Å². The Labute approximate surface area is 164 Å². The monoisotopic (exact) mass is 392 g/mol. The van der Waals surface area contributed by atoms with Gasteiger partial charge in [0.05, 0.1) is 18.6 Å². The summed E-state index contributed by atoms with van der Waals surface area (Å²) in [6, 6.07) is 15.2. The van der Waals surface area contributed by atoms with Crippen LogP contribution in [0.3, 0.4) is 0 Å². The Morgan fingerprint density at radius 3 is 2.62 bits per heavy atom. The van der Waals surface area contributed by atoms with Gasteiger partial charge in [0.25, 0.3) is 0 Å². The third-order valence-corrected chi connectivity index (χ3v) is 4.46. The first-order valence-electron chi connectivity index (χ1n) is 8.80. The lowest BCUT2D eigenvalue weighted by Crippen LogP contribution is -2.25. The minimum atomic E-state index is -0.373. The maximum atomic E-state index is 12.8. The van der Waals surface area contributed by atoms with Crippen molar-refractivity contribution in [2.24, 2.45) is 5.73 Å². The van der Waals surface area contributed by atoms with E-state index in [0.717, 1.165) is 16.7 Å². The van der Waals surface area contributed by atoms with Crippen LogP contribution in [0.4, 0.5) is 4.39 Å². The molecule has 2 aromatic heterocycles. The molecule has 2 heterocycles. The smallest absolute Gasteiger partial charge is 0.342 e. The Hall–Kier alpha value is -3.85. The van der Waals surface area contributed by atoms with Crippen LogP contribution in [0, 0.1) is 0 Å². The van der Waals surface area contributed by atoms with Gasteiger partial charge in [0.2, 0.25) is 12.2 Å². The van der Waals surface area contributed by atoms with Gasteiger partial charge in [-0.15, -0.1) is 0 Å². The average molecular weight is 392 g/mol. The quantitative estimate of drug-likeness (QED) is 0.541. The van der Waals surface area contributed by atoms with E-state index >= 15 is 0 Å². The van der Waals surface area contributed by atoms with Gasteiger partial charge >= 0.3 is 5.69 Å². The second kappa shape index (κ2) is 8.03. The summed E-state index contributed by atoms with van der Waals surface area (Å²) in [5.74, 6) is 0.517. The molecule has 0 saturated carbocycles. The molecule has 0 saturated heterocycles. The maximum Gasteiger partial charge on any atom is 0.350 e. The summed E-state index contributed by atoms with van der Waals surface area (Å²) in [7, 11) is 0. The second-order valence-corrected chi connectivity index (χ2v) is 6.30. The molecule has 4 rings (SSSR count). The number of nitrogens with two attached hydrogens (primary N) is 1. The third-order valence-electron chi connectivity index (χ3n) is 4.46. The zero-order chi connectivity index (χ0) is 20.2. The predicted octanol–water partition coefficient (Wildman–Crippen LogP) is 2.56. The first-order valence-corrected chi connectivity index (χ1v) is 8.80. The number of halogens is 1.